The van der Waals surface area contributed by atoms with Crippen LogP contribution in [0.3, 0.4) is 0 Å². The lowest BCUT2D eigenvalue weighted by molar-refractivity contribution is -0.121. The van der Waals surface area contributed by atoms with Crippen LogP contribution in [0.4, 0.5) is 11.4 Å². The molecule has 0 atom stereocenters. The van der Waals surface area contributed by atoms with Gasteiger partial charge in [-0.3, -0.25) is 4.79 Å². The second-order valence-corrected chi connectivity index (χ2v) is 7.35. The van der Waals surface area contributed by atoms with Crippen molar-refractivity contribution >= 4 is 28.9 Å². The molecule has 27 heavy (non-hydrogen) atoms. The van der Waals surface area contributed by atoms with Crippen molar-refractivity contribution in [3.63, 3.8) is 0 Å². The molecule has 1 aliphatic rings. The van der Waals surface area contributed by atoms with Gasteiger partial charge in [0.05, 0.1) is 0 Å². The zero-order valence-electron chi connectivity index (χ0n) is 15.7. The van der Waals surface area contributed by atoms with Crippen molar-refractivity contribution in [1.29, 1.82) is 0 Å². The van der Waals surface area contributed by atoms with Gasteiger partial charge >= 0.3 is 0 Å². The number of amides is 1. The van der Waals surface area contributed by atoms with E-state index in [0.717, 1.165) is 37.4 Å². The van der Waals surface area contributed by atoms with Gasteiger partial charge in [0.1, 0.15) is 0 Å². The maximum atomic E-state index is 12.0. The Hall–Kier alpha value is -2.24. The second kappa shape index (κ2) is 9.62. The van der Waals surface area contributed by atoms with Crippen LogP contribution in [0, 0.1) is 0 Å². The zero-order valence-corrected chi connectivity index (χ0v) is 16.5. The van der Waals surface area contributed by atoms with Crippen molar-refractivity contribution in [2.24, 2.45) is 0 Å². The molecular formula is C21H27ClN4O. The lowest BCUT2D eigenvalue weighted by atomic mass is 10.2. The summed E-state index contributed by atoms with van der Waals surface area (Å²) >= 11 is 5.86. The fourth-order valence-corrected chi connectivity index (χ4v) is 3.19. The Balaban J connectivity index is 1.37. The van der Waals surface area contributed by atoms with Crippen LogP contribution in [0.25, 0.3) is 0 Å². The molecule has 2 N–H and O–H groups in total. The number of nitrogens with one attached hydrogen (secondary N) is 2. The topological polar surface area (TPSA) is 47.6 Å². The minimum absolute atomic E-state index is 0.0338. The number of likely N-dealkylation sites (N-methyl/N-ethyl adjacent to an activating group) is 1. The summed E-state index contributed by atoms with van der Waals surface area (Å²) in [6, 6.07) is 16.0. The van der Waals surface area contributed by atoms with Gasteiger partial charge in [0.25, 0.3) is 0 Å². The van der Waals surface area contributed by atoms with E-state index in [2.05, 4.69) is 51.7 Å². The summed E-state index contributed by atoms with van der Waals surface area (Å²) in [5, 5.41) is 6.94. The summed E-state index contributed by atoms with van der Waals surface area (Å²) in [6.07, 6.45) is 0.438. The fraction of sp³-hybridized carbons (Fsp3) is 0.381. The summed E-state index contributed by atoms with van der Waals surface area (Å²) < 4.78 is 0. The molecule has 1 aliphatic heterocycles. The number of anilines is 2. The smallest absolute Gasteiger partial charge is 0.222 e. The van der Waals surface area contributed by atoms with Gasteiger partial charge < -0.3 is 20.4 Å². The maximum absolute atomic E-state index is 12.0. The number of rotatable bonds is 7. The number of carbonyl (C=O) groups excluding carboxylic acids is 1. The number of halogens is 1. The van der Waals surface area contributed by atoms with E-state index in [0.29, 0.717) is 24.5 Å². The monoisotopic (exact) mass is 386 g/mol. The molecule has 144 valence electrons. The molecule has 3 rings (SSSR count). The van der Waals surface area contributed by atoms with Gasteiger partial charge in [-0.2, -0.15) is 0 Å². The first-order valence-corrected chi connectivity index (χ1v) is 9.76. The molecule has 5 nitrogen and oxygen atoms in total. The van der Waals surface area contributed by atoms with Gasteiger partial charge in [-0.15, -0.1) is 0 Å². The summed E-state index contributed by atoms with van der Waals surface area (Å²) in [5.74, 6) is 0.0338. The number of nitrogens with zero attached hydrogens (tertiary/aromatic N) is 2. The van der Waals surface area contributed by atoms with E-state index in [4.69, 9.17) is 11.6 Å². The van der Waals surface area contributed by atoms with Gasteiger partial charge in [0, 0.05) is 62.1 Å². The zero-order chi connectivity index (χ0) is 19.1. The van der Waals surface area contributed by atoms with Crippen LogP contribution < -0.4 is 15.5 Å². The van der Waals surface area contributed by atoms with Crippen LogP contribution in [0.15, 0.2) is 48.5 Å². The molecule has 1 heterocycles. The Morgan fingerprint density at radius 1 is 1.00 bits per heavy atom. The van der Waals surface area contributed by atoms with Gasteiger partial charge in [-0.1, -0.05) is 23.7 Å². The first-order chi connectivity index (χ1) is 13.1. The number of piperazine rings is 1. The quantitative estimate of drug-likeness (QED) is 0.767. The summed E-state index contributed by atoms with van der Waals surface area (Å²) in [6.45, 7) is 5.47. The van der Waals surface area contributed by atoms with E-state index < -0.39 is 0 Å². The highest BCUT2D eigenvalue weighted by atomic mass is 35.5. The van der Waals surface area contributed by atoms with Crippen molar-refractivity contribution in [2.75, 3.05) is 50.0 Å². The van der Waals surface area contributed by atoms with E-state index >= 15 is 0 Å². The van der Waals surface area contributed by atoms with E-state index in [1.54, 1.807) is 0 Å². The molecule has 2 aromatic rings. The van der Waals surface area contributed by atoms with Crippen LogP contribution in [-0.2, 0) is 11.3 Å². The van der Waals surface area contributed by atoms with E-state index in [-0.39, 0.29) is 5.91 Å². The standard InChI is InChI=1S/C21H27ClN4O/c1-25-12-14-26(15-13-25)20-8-6-19(7-9-20)23-11-10-21(27)24-16-17-2-4-18(22)5-3-17/h2-9,23H,10-16H2,1H3,(H,24,27). The van der Waals surface area contributed by atoms with E-state index in [1.165, 1.54) is 5.69 Å². The van der Waals surface area contributed by atoms with Crippen LogP contribution in [0.5, 0.6) is 0 Å². The Morgan fingerprint density at radius 3 is 2.33 bits per heavy atom. The van der Waals surface area contributed by atoms with Crippen LogP contribution in [-0.4, -0.2) is 50.6 Å². The Morgan fingerprint density at radius 2 is 1.67 bits per heavy atom. The van der Waals surface area contributed by atoms with E-state index in [1.807, 2.05) is 24.3 Å². The highest BCUT2D eigenvalue weighted by Crippen LogP contribution is 2.19. The molecule has 0 aromatic heterocycles. The number of hydrogen-bond donors (Lipinski definition) is 2. The highest BCUT2D eigenvalue weighted by molar-refractivity contribution is 6.30. The lowest BCUT2D eigenvalue weighted by Crippen LogP contribution is -2.44. The third-order valence-electron chi connectivity index (χ3n) is 4.82. The number of hydrogen-bond acceptors (Lipinski definition) is 4. The van der Waals surface area contributed by atoms with E-state index in [9.17, 15) is 4.79 Å². The molecule has 0 spiro atoms. The van der Waals surface area contributed by atoms with Crippen molar-refractivity contribution in [3.05, 3.63) is 59.1 Å². The van der Waals surface area contributed by atoms with Gasteiger partial charge in [-0.05, 0) is 49.0 Å². The molecule has 6 heteroatoms. The number of carbonyl (C=O) groups is 1. The third-order valence-corrected chi connectivity index (χ3v) is 5.07. The molecule has 0 saturated carbocycles. The van der Waals surface area contributed by atoms with Crippen molar-refractivity contribution in [3.8, 4) is 0 Å². The fourth-order valence-electron chi connectivity index (χ4n) is 3.07. The predicted molar refractivity (Wildman–Crippen MR) is 113 cm³/mol. The third kappa shape index (κ3) is 6.15. The minimum atomic E-state index is 0.0338. The molecule has 0 unspecified atom stereocenters. The Kier molecular flexibility index (Phi) is 6.96. The lowest BCUT2D eigenvalue weighted by Gasteiger charge is -2.34. The molecule has 1 fully saturated rings. The second-order valence-electron chi connectivity index (χ2n) is 6.92. The molecule has 2 aromatic carbocycles. The summed E-state index contributed by atoms with van der Waals surface area (Å²) in [7, 11) is 2.16. The molecule has 0 aliphatic carbocycles. The molecule has 0 bridgehead atoms. The average molecular weight is 387 g/mol. The minimum Gasteiger partial charge on any atom is -0.385 e. The normalized spacial score (nSPS) is 14.8. The van der Waals surface area contributed by atoms with Crippen molar-refractivity contribution in [1.82, 2.24) is 10.2 Å². The molecule has 1 amide bonds. The van der Waals surface area contributed by atoms with Crippen molar-refractivity contribution in [2.45, 2.75) is 13.0 Å². The first-order valence-electron chi connectivity index (χ1n) is 9.39. The maximum Gasteiger partial charge on any atom is 0.222 e. The van der Waals surface area contributed by atoms with Crippen LogP contribution in [0.2, 0.25) is 5.02 Å². The molecule has 1 saturated heterocycles. The molecule has 0 radical (unpaired) electrons. The highest BCUT2D eigenvalue weighted by Gasteiger charge is 2.13. The Labute approximate surface area is 166 Å². The average Bonchev–Trinajstić information content (AvgIpc) is 2.69. The van der Waals surface area contributed by atoms with Crippen molar-refractivity contribution < 1.29 is 4.79 Å². The molecular weight excluding hydrogens is 360 g/mol. The summed E-state index contributed by atoms with van der Waals surface area (Å²) in [5.41, 5.74) is 3.34. The summed E-state index contributed by atoms with van der Waals surface area (Å²) in [4.78, 5) is 16.7. The van der Waals surface area contributed by atoms with Gasteiger partial charge in [0.2, 0.25) is 5.91 Å². The SMILES string of the molecule is CN1CCN(c2ccc(NCCC(=O)NCc3ccc(Cl)cc3)cc2)CC1. The number of benzene rings is 2. The Bertz CT molecular complexity index is 725. The van der Waals surface area contributed by atoms with Crippen LogP contribution in [0.1, 0.15) is 12.0 Å². The predicted octanol–water partition coefficient (Wildman–Crippen LogP) is 3.21. The van der Waals surface area contributed by atoms with Gasteiger partial charge in [0.15, 0.2) is 0 Å². The first kappa shape index (κ1) is 19.5. The largest absolute Gasteiger partial charge is 0.385 e. The van der Waals surface area contributed by atoms with Crippen LogP contribution >= 0.6 is 11.6 Å². The van der Waals surface area contributed by atoms with Gasteiger partial charge in [-0.25, -0.2) is 0 Å².